The van der Waals surface area contributed by atoms with Gasteiger partial charge in [0.1, 0.15) is 5.75 Å². The summed E-state index contributed by atoms with van der Waals surface area (Å²) in [5, 5.41) is 12.2. The van der Waals surface area contributed by atoms with E-state index in [2.05, 4.69) is 5.16 Å². The van der Waals surface area contributed by atoms with Gasteiger partial charge in [0.15, 0.2) is 11.9 Å². The summed E-state index contributed by atoms with van der Waals surface area (Å²) >= 11 is 6.00. The molecule has 1 aliphatic rings. The normalized spacial score (nSPS) is 18.0. The van der Waals surface area contributed by atoms with Gasteiger partial charge in [-0.25, -0.2) is 8.42 Å². The summed E-state index contributed by atoms with van der Waals surface area (Å²) < 4.78 is 32.8. The number of nitrogens with zero attached hydrogens (tertiary/aromatic N) is 2. The molecule has 126 valence electrons. The fraction of sp³-hybridized carbons (Fsp3) is 0.133. The van der Waals surface area contributed by atoms with E-state index in [0.717, 1.165) is 4.31 Å². The number of hydrogen-bond acceptors (Lipinski definition) is 5. The van der Waals surface area contributed by atoms with E-state index in [-0.39, 0.29) is 23.0 Å². The van der Waals surface area contributed by atoms with Gasteiger partial charge in [0, 0.05) is 5.02 Å². The highest BCUT2D eigenvalue weighted by molar-refractivity contribution is 7.92. The smallest absolute Gasteiger partial charge is 0.264 e. The topological polar surface area (TPSA) is 105 Å². The molecule has 0 bridgehead atoms. The van der Waals surface area contributed by atoms with Gasteiger partial charge in [-0.05, 0) is 30.3 Å². The lowest BCUT2D eigenvalue weighted by Crippen LogP contribution is -2.49. The van der Waals surface area contributed by atoms with E-state index in [9.17, 15) is 8.42 Å². The molecule has 0 amide bonds. The van der Waals surface area contributed by atoms with Crippen molar-refractivity contribution in [3.8, 4) is 5.75 Å². The second-order valence-corrected chi connectivity index (χ2v) is 7.39. The van der Waals surface area contributed by atoms with Gasteiger partial charge in [0.25, 0.3) is 10.0 Å². The molecule has 1 aliphatic heterocycles. The minimum absolute atomic E-state index is 0.121. The molecular weight excluding hydrogens is 354 g/mol. The number of oxime groups is 1. The summed E-state index contributed by atoms with van der Waals surface area (Å²) in [5.41, 5.74) is 5.91. The Morgan fingerprint density at radius 2 is 2.00 bits per heavy atom. The lowest BCUT2D eigenvalue weighted by atomic mass is 10.2. The first kappa shape index (κ1) is 16.4. The van der Waals surface area contributed by atoms with Crippen LogP contribution in [0.15, 0.2) is 58.6 Å². The molecule has 7 nitrogen and oxygen atoms in total. The predicted molar refractivity (Wildman–Crippen MR) is 90.3 cm³/mol. The van der Waals surface area contributed by atoms with Crippen LogP contribution in [0.2, 0.25) is 5.02 Å². The van der Waals surface area contributed by atoms with Crippen molar-refractivity contribution >= 4 is 33.1 Å². The summed E-state index contributed by atoms with van der Waals surface area (Å²) in [4.78, 5) is 0.121. The largest absolute Gasteiger partial charge is 0.478 e. The number of amidine groups is 1. The molecule has 3 N–H and O–H groups in total. The summed E-state index contributed by atoms with van der Waals surface area (Å²) in [6.45, 7) is -0.138. The van der Waals surface area contributed by atoms with Crippen LogP contribution in [0.1, 0.15) is 0 Å². The first-order chi connectivity index (χ1) is 11.4. The molecule has 0 saturated heterocycles. The number of sulfonamides is 1. The van der Waals surface area contributed by atoms with Crippen LogP contribution in [-0.2, 0) is 10.0 Å². The second kappa shape index (κ2) is 6.21. The van der Waals surface area contributed by atoms with Gasteiger partial charge < -0.3 is 15.7 Å². The molecular formula is C15H14ClN3O4S. The van der Waals surface area contributed by atoms with Gasteiger partial charge in [-0.1, -0.05) is 35.0 Å². The highest BCUT2D eigenvalue weighted by atomic mass is 35.5. The number of fused-ring (bicyclic) bond motifs is 1. The third-order valence-corrected chi connectivity index (χ3v) is 5.60. The zero-order valence-electron chi connectivity index (χ0n) is 12.3. The molecule has 9 heteroatoms. The van der Waals surface area contributed by atoms with Gasteiger partial charge in [0.05, 0.1) is 17.1 Å². The highest BCUT2D eigenvalue weighted by Gasteiger charge is 2.36. The Hall–Kier alpha value is -2.45. The average molecular weight is 368 g/mol. The Bertz CT molecular complexity index is 887. The number of ether oxygens (including phenoxy) is 1. The minimum Gasteiger partial charge on any atom is -0.478 e. The lowest BCUT2D eigenvalue weighted by molar-refractivity contribution is 0.247. The quantitative estimate of drug-likeness (QED) is 0.374. The number of nitrogens with two attached hydrogens (primary N) is 1. The van der Waals surface area contributed by atoms with Crippen molar-refractivity contribution in [3.63, 3.8) is 0 Å². The van der Waals surface area contributed by atoms with E-state index < -0.39 is 16.1 Å². The van der Waals surface area contributed by atoms with Gasteiger partial charge in [-0.15, -0.1) is 0 Å². The molecule has 2 aromatic carbocycles. The van der Waals surface area contributed by atoms with Crippen LogP contribution < -0.4 is 14.8 Å². The van der Waals surface area contributed by atoms with Crippen LogP contribution in [0.4, 0.5) is 5.69 Å². The minimum atomic E-state index is -3.86. The summed E-state index contributed by atoms with van der Waals surface area (Å²) in [7, 11) is -3.86. The molecule has 0 fully saturated rings. The Kier molecular flexibility index (Phi) is 4.25. The molecule has 0 aromatic heterocycles. The molecule has 3 rings (SSSR count). The fourth-order valence-electron chi connectivity index (χ4n) is 2.39. The van der Waals surface area contributed by atoms with Crippen LogP contribution in [0.25, 0.3) is 0 Å². The number of benzene rings is 2. The Balaban J connectivity index is 2.13. The van der Waals surface area contributed by atoms with Crippen molar-refractivity contribution in [2.24, 2.45) is 10.9 Å². The zero-order chi connectivity index (χ0) is 17.3. The monoisotopic (exact) mass is 367 g/mol. The van der Waals surface area contributed by atoms with E-state index >= 15 is 0 Å². The van der Waals surface area contributed by atoms with Gasteiger partial charge in [-0.3, -0.25) is 4.31 Å². The van der Waals surface area contributed by atoms with Crippen molar-refractivity contribution < 1.29 is 18.4 Å². The molecule has 0 unspecified atom stereocenters. The zero-order valence-corrected chi connectivity index (χ0v) is 13.9. The molecule has 0 aliphatic carbocycles. The van der Waals surface area contributed by atoms with Crippen LogP contribution in [-0.4, -0.2) is 32.1 Å². The maximum atomic E-state index is 13.0. The van der Waals surface area contributed by atoms with Crippen LogP contribution in [0, 0.1) is 0 Å². The van der Waals surface area contributed by atoms with Crippen LogP contribution in [0.3, 0.4) is 0 Å². The van der Waals surface area contributed by atoms with Gasteiger partial charge in [-0.2, -0.15) is 0 Å². The van der Waals surface area contributed by atoms with Gasteiger partial charge >= 0.3 is 0 Å². The maximum Gasteiger partial charge on any atom is 0.264 e. The fourth-order valence-corrected chi connectivity index (χ4v) is 4.05. The Morgan fingerprint density at radius 3 is 2.67 bits per heavy atom. The first-order valence-electron chi connectivity index (χ1n) is 6.95. The number of halogens is 1. The standard InChI is InChI=1S/C15H14ClN3O4S/c16-10-6-7-13-12(8-10)19(9-14(23-13)15(17)18-20)24(21,22)11-4-2-1-3-5-11/h1-8,14,20H,9H2,(H2,17,18)/t14-/m1/s1. The van der Waals surface area contributed by atoms with Gasteiger partial charge in [0.2, 0.25) is 0 Å². The van der Waals surface area contributed by atoms with E-state index in [0.29, 0.717) is 10.7 Å². The van der Waals surface area contributed by atoms with Crippen LogP contribution in [0.5, 0.6) is 5.75 Å². The molecule has 24 heavy (non-hydrogen) atoms. The van der Waals surface area contributed by atoms with Crippen molar-refractivity contribution in [2.75, 3.05) is 10.8 Å². The molecule has 1 atom stereocenters. The van der Waals surface area contributed by atoms with Crippen molar-refractivity contribution in [1.82, 2.24) is 0 Å². The highest BCUT2D eigenvalue weighted by Crippen LogP contribution is 2.38. The second-order valence-electron chi connectivity index (χ2n) is 5.09. The third-order valence-electron chi connectivity index (χ3n) is 3.57. The summed E-state index contributed by atoms with van der Waals surface area (Å²) in [6, 6.07) is 12.6. The van der Waals surface area contributed by atoms with Crippen molar-refractivity contribution in [2.45, 2.75) is 11.0 Å². The molecule has 2 aromatic rings. The third kappa shape index (κ3) is 2.85. The maximum absolute atomic E-state index is 13.0. The SMILES string of the molecule is NC(=NO)[C@H]1CN(S(=O)(=O)c2ccccc2)c2cc(Cl)ccc2O1. The molecule has 0 spiro atoms. The van der Waals surface area contributed by atoms with Crippen molar-refractivity contribution in [1.29, 1.82) is 0 Å². The number of anilines is 1. The molecule has 1 heterocycles. The Morgan fingerprint density at radius 1 is 1.29 bits per heavy atom. The predicted octanol–water partition coefficient (Wildman–Crippen LogP) is 2.04. The number of hydrogen-bond donors (Lipinski definition) is 2. The van der Waals surface area contributed by atoms with E-state index in [1.807, 2.05) is 0 Å². The van der Waals surface area contributed by atoms with E-state index in [1.54, 1.807) is 30.3 Å². The van der Waals surface area contributed by atoms with Crippen molar-refractivity contribution in [3.05, 3.63) is 53.6 Å². The average Bonchev–Trinajstić information content (AvgIpc) is 2.60. The van der Waals surface area contributed by atoms with Crippen LogP contribution >= 0.6 is 11.6 Å². The Labute approximate surface area is 143 Å². The lowest BCUT2D eigenvalue weighted by Gasteiger charge is -2.34. The van der Waals surface area contributed by atoms with E-state index in [4.69, 9.17) is 27.3 Å². The summed E-state index contributed by atoms with van der Waals surface area (Å²) in [5.74, 6) is 0.0608. The van der Waals surface area contributed by atoms with E-state index in [1.165, 1.54) is 18.2 Å². The number of rotatable bonds is 3. The first-order valence-corrected chi connectivity index (χ1v) is 8.76. The molecule has 0 radical (unpaired) electrons. The molecule has 0 saturated carbocycles. The summed E-state index contributed by atoms with van der Waals surface area (Å²) in [6.07, 6.45) is -0.915.